The van der Waals surface area contributed by atoms with Crippen LogP contribution < -0.4 is 11.3 Å². The van der Waals surface area contributed by atoms with Crippen molar-refractivity contribution in [1.82, 2.24) is 5.43 Å². The molecule has 1 rings (SSSR count). The molecule has 74 valence electrons. The normalized spacial score (nSPS) is 19.5. The van der Waals surface area contributed by atoms with E-state index >= 15 is 0 Å². The molecule has 1 aliphatic heterocycles. The lowest BCUT2D eigenvalue weighted by Crippen LogP contribution is -2.35. The number of rotatable bonds is 0. The number of hydrogen-bond donors (Lipinski definition) is 2. The quantitative estimate of drug-likeness (QED) is 0.223. The number of hydrazine groups is 1. The Labute approximate surface area is 76.0 Å². The molecule has 0 aromatic rings. The summed E-state index contributed by atoms with van der Waals surface area (Å²) in [6.45, 7) is 0. The van der Waals surface area contributed by atoms with Crippen molar-refractivity contribution < 1.29 is 13.8 Å². The number of nitrogens with zero attached hydrogens (tertiary/aromatic N) is 1. The average molecular weight is 205 g/mol. The van der Waals surface area contributed by atoms with Crippen LogP contribution in [0.4, 0.5) is 0 Å². The van der Waals surface area contributed by atoms with Gasteiger partial charge in [0.1, 0.15) is 0 Å². The van der Waals surface area contributed by atoms with Gasteiger partial charge in [0.2, 0.25) is 0 Å². The number of nitrogens with one attached hydrogen (secondary N) is 1. The van der Waals surface area contributed by atoms with E-state index < -0.39 is 21.5 Å². The first kappa shape index (κ1) is 10.1. The lowest BCUT2D eigenvalue weighted by atomic mass is 10.4. The second kappa shape index (κ2) is 3.84. The fourth-order valence-electron chi connectivity index (χ4n) is 1.10. The lowest BCUT2D eigenvalue weighted by Gasteiger charge is -1.97. The highest BCUT2D eigenvalue weighted by Gasteiger charge is 2.20. The summed E-state index contributed by atoms with van der Waals surface area (Å²) in [7, 11) is -2.45. The van der Waals surface area contributed by atoms with Crippen LogP contribution in [0.2, 0.25) is 0 Å². The maximum atomic E-state index is 11.6. The summed E-state index contributed by atoms with van der Waals surface area (Å²) in [4.78, 5) is 21.5. The first-order valence-electron chi connectivity index (χ1n) is 3.85. The van der Waals surface area contributed by atoms with Crippen LogP contribution in [0, 0.1) is 0 Å². The number of amides is 2. The Morgan fingerprint density at radius 2 is 1.85 bits per heavy atom. The summed E-state index contributed by atoms with van der Waals surface area (Å²) in [5, 5.41) is 0. The smallest absolute Gasteiger partial charge is 0.286 e. The molecule has 0 atom stereocenters. The molecule has 7 heteroatoms. The van der Waals surface area contributed by atoms with Crippen LogP contribution in [0.1, 0.15) is 12.8 Å². The van der Waals surface area contributed by atoms with E-state index in [0.717, 1.165) is 12.8 Å². The van der Waals surface area contributed by atoms with Gasteiger partial charge in [0.25, 0.3) is 0 Å². The van der Waals surface area contributed by atoms with E-state index in [0.29, 0.717) is 11.5 Å². The monoisotopic (exact) mass is 205 g/mol. The third-order valence-corrected chi connectivity index (χ3v) is 4.10. The Balaban J connectivity index is 2.81. The zero-order valence-corrected chi connectivity index (χ0v) is 7.80. The minimum absolute atomic E-state index is 0.399. The van der Waals surface area contributed by atoms with E-state index in [4.69, 9.17) is 5.84 Å². The van der Waals surface area contributed by atoms with Gasteiger partial charge in [-0.3, -0.25) is 15.0 Å². The number of hydrogen-bond acceptors (Lipinski definition) is 4. The van der Waals surface area contributed by atoms with Gasteiger partial charge in [-0.1, -0.05) is 0 Å². The zero-order valence-electron chi connectivity index (χ0n) is 6.99. The Kier molecular flexibility index (Phi) is 2.99. The molecule has 0 aliphatic carbocycles. The van der Waals surface area contributed by atoms with E-state index in [1.54, 1.807) is 5.43 Å². The predicted octanol–water partition coefficient (Wildman–Crippen LogP) is -1.24. The number of carbonyl (C=O) groups excluding carboxylic acids is 2. The van der Waals surface area contributed by atoms with Gasteiger partial charge in [-0.2, -0.15) is 4.36 Å². The predicted molar refractivity (Wildman–Crippen MR) is 46.9 cm³/mol. The topological polar surface area (TPSA) is 102 Å². The summed E-state index contributed by atoms with van der Waals surface area (Å²) >= 11 is 0. The number of nitrogens with two attached hydrogens (primary N) is 1. The molecule has 0 aromatic heterocycles. The Morgan fingerprint density at radius 3 is 2.31 bits per heavy atom. The van der Waals surface area contributed by atoms with E-state index in [2.05, 4.69) is 4.36 Å². The van der Waals surface area contributed by atoms with Gasteiger partial charge in [0.05, 0.1) is 9.73 Å². The second-order valence-corrected chi connectivity index (χ2v) is 5.30. The molecule has 0 aromatic carbocycles. The number of carbonyl (C=O) groups is 2. The molecule has 0 bridgehead atoms. The van der Waals surface area contributed by atoms with E-state index in [9.17, 15) is 13.8 Å². The van der Waals surface area contributed by atoms with Crippen molar-refractivity contribution in [2.45, 2.75) is 12.8 Å². The molecule has 1 heterocycles. The first-order chi connectivity index (χ1) is 6.07. The highest BCUT2D eigenvalue weighted by molar-refractivity contribution is 7.94. The van der Waals surface area contributed by atoms with Crippen molar-refractivity contribution in [3.63, 3.8) is 0 Å². The van der Waals surface area contributed by atoms with Crippen molar-refractivity contribution in [2.75, 3.05) is 11.5 Å². The standard InChI is InChI=1S/C6H11N3O3S/c7-8-5(10)6(11)9-13(12)3-1-2-4-13/h1-4,7H2,(H,8,10). The molecule has 0 saturated carbocycles. The van der Waals surface area contributed by atoms with Crippen LogP contribution in [-0.2, 0) is 19.3 Å². The first-order valence-corrected chi connectivity index (χ1v) is 5.70. The van der Waals surface area contributed by atoms with Gasteiger partial charge >= 0.3 is 11.8 Å². The molecule has 2 amide bonds. The third kappa shape index (κ3) is 2.49. The van der Waals surface area contributed by atoms with Crippen molar-refractivity contribution in [1.29, 1.82) is 0 Å². The van der Waals surface area contributed by atoms with Crippen LogP contribution in [-0.4, -0.2) is 27.5 Å². The van der Waals surface area contributed by atoms with Crippen LogP contribution >= 0.6 is 0 Å². The summed E-state index contributed by atoms with van der Waals surface area (Å²) in [6, 6.07) is 0. The largest absolute Gasteiger partial charge is 0.344 e. The fraction of sp³-hybridized carbons (Fsp3) is 0.667. The second-order valence-electron chi connectivity index (χ2n) is 2.76. The molecule has 0 radical (unpaired) electrons. The van der Waals surface area contributed by atoms with E-state index in [1.165, 1.54) is 0 Å². The molecule has 3 N–H and O–H groups in total. The summed E-state index contributed by atoms with van der Waals surface area (Å²) < 4.78 is 15.0. The van der Waals surface area contributed by atoms with E-state index in [1.807, 2.05) is 0 Å². The third-order valence-electron chi connectivity index (χ3n) is 1.75. The maximum Gasteiger partial charge on any atom is 0.344 e. The molecule has 1 saturated heterocycles. The van der Waals surface area contributed by atoms with E-state index in [-0.39, 0.29) is 0 Å². The average Bonchev–Trinajstić information content (AvgIpc) is 2.50. The molecule has 0 spiro atoms. The lowest BCUT2D eigenvalue weighted by molar-refractivity contribution is -0.137. The van der Waals surface area contributed by atoms with Gasteiger partial charge in [-0.15, -0.1) is 0 Å². The van der Waals surface area contributed by atoms with Crippen molar-refractivity contribution in [3.05, 3.63) is 0 Å². The van der Waals surface area contributed by atoms with Gasteiger partial charge in [0.15, 0.2) is 0 Å². The highest BCUT2D eigenvalue weighted by atomic mass is 32.2. The summed E-state index contributed by atoms with van der Waals surface area (Å²) in [5.74, 6) is 3.45. The maximum absolute atomic E-state index is 11.6. The van der Waals surface area contributed by atoms with Crippen molar-refractivity contribution in [3.8, 4) is 0 Å². The van der Waals surface area contributed by atoms with Crippen LogP contribution in [0.15, 0.2) is 4.36 Å². The molecule has 0 unspecified atom stereocenters. The summed E-state index contributed by atoms with van der Waals surface area (Å²) in [5.41, 5.74) is 1.65. The van der Waals surface area contributed by atoms with Crippen molar-refractivity contribution in [2.24, 2.45) is 10.2 Å². The van der Waals surface area contributed by atoms with Crippen molar-refractivity contribution >= 4 is 21.5 Å². The van der Waals surface area contributed by atoms with Gasteiger partial charge in [-0.05, 0) is 12.8 Å². The molecular weight excluding hydrogens is 194 g/mol. The SMILES string of the molecule is NNC(=O)C(=O)N=S1(=O)CCCC1. The Morgan fingerprint density at radius 1 is 1.31 bits per heavy atom. The summed E-state index contributed by atoms with van der Waals surface area (Å²) in [6.07, 6.45) is 1.58. The molecule has 1 fully saturated rings. The minimum atomic E-state index is -2.45. The van der Waals surface area contributed by atoms with Gasteiger partial charge in [-0.25, -0.2) is 10.1 Å². The molecule has 13 heavy (non-hydrogen) atoms. The Hall–Kier alpha value is -0.950. The Bertz CT molecular complexity index is 331. The van der Waals surface area contributed by atoms with Gasteiger partial charge < -0.3 is 0 Å². The van der Waals surface area contributed by atoms with Crippen LogP contribution in [0.3, 0.4) is 0 Å². The van der Waals surface area contributed by atoms with Crippen LogP contribution in [0.25, 0.3) is 0 Å². The fourth-order valence-corrected chi connectivity index (χ4v) is 3.19. The van der Waals surface area contributed by atoms with Crippen LogP contribution in [0.5, 0.6) is 0 Å². The minimum Gasteiger partial charge on any atom is -0.286 e. The highest BCUT2D eigenvalue weighted by Crippen LogP contribution is 2.13. The van der Waals surface area contributed by atoms with Gasteiger partial charge in [0, 0.05) is 11.5 Å². The molecule has 6 nitrogen and oxygen atoms in total. The molecule has 1 aliphatic rings. The molecular formula is C6H11N3O3S. The zero-order chi connectivity index (χ0) is 9.90.